The van der Waals surface area contributed by atoms with Gasteiger partial charge in [0.1, 0.15) is 11.4 Å². The molecule has 0 radical (unpaired) electrons. The van der Waals surface area contributed by atoms with Gasteiger partial charge in [0.2, 0.25) is 0 Å². The van der Waals surface area contributed by atoms with E-state index in [-0.39, 0.29) is 30.0 Å². The lowest BCUT2D eigenvalue weighted by atomic mass is 10.1. The first-order valence-electron chi connectivity index (χ1n) is 7.86. The number of halogens is 1. The van der Waals surface area contributed by atoms with Crippen LogP contribution in [0.4, 0.5) is 4.39 Å². The Bertz CT molecular complexity index is 1150. The molecular weight excluding hydrogens is 357 g/mol. The van der Waals surface area contributed by atoms with Crippen LogP contribution in [0.3, 0.4) is 0 Å². The summed E-state index contributed by atoms with van der Waals surface area (Å²) in [4.78, 5) is 54.9. The summed E-state index contributed by atoms with van der Waals surface area (Å²) in [6.07, 6.45) is 2.34. The van der Waals surface area contributed by atoms with Gasteiger partial charge in [-0.15, -0.1) is 0 Å². The van der Waals surface area contributed by atoms with Crippen LogP contribution in [0, 0.1) is 5.82 Å². The van der Waals surface area contributed by atoms with Gasteiger partial charge in [-0.2, -0.15) is 0 Å². The van der Waals surface area contributed by atoms with Gasteiger partial charge in [0.15, 0.2) is 0 Å². The zero-order chi connectivity index (χ0) is 19.4. The molecule has 27 heavy (non-hydrogen) atoms. The summed E-state index contributed by atoms with van der Waals surface area (Å²) in [6, 6.07) is 6.89. The molecule has 3 N–H and O–H groups in total. The Labute approximate surface area is 150 Å². The van der Waals surface area contributed by atoms with Crippen LogP contribution in [0.2, 0.25) is 0 Å². The Morgan fingerprint density at radius 1 is 1.19 bits per heavy atom. The largest absolute Gasteiger partial charge is 0.350 e. The van der Waals surface area contributed by atoms with Gasteiger partial charge in [-0.05, 0) is 24.3 Å². The van der Waals surface area contributed by atoms with E-state index in [1.54, 1.807) is 0 Å². The van der Waals surface area contributed by atoms with Crippen molar-refractivity contribution in [3.63, 3.8) is 0 Å². The average molecular weight is 371 g/mol. The lowest BCUT2D eigenvalue weighted by Crippen LogP contribution is -2.35. The molecule has 0 saturated carbocycles. The zero-order valence-corrected chi connectivity index (χ0v) is 13.9. The Hall–Kier alpha value is -3.82. The minimum absolute atomic E-state index is 0.0644. The van der Waals surface area contributed by atoms with E-state index in [2.05, 4.69) is 15.3 Å². The first-order chi connectivity index (χ1) is 12.9. The molecule has 0 unspecified atom stereocenters. The van der Waals surface area contributed by atoms with Crippen LogP contribution in [0.15, 0.2) is 57.2 Å². The highest BCUT2D eigenvalue weighted by atomic mass is 19.1. The first kappa shape index (κ1) is 18.0. The SMILES string of the molecule is O=C(NCCn1cnc(-c2ccc(F)cc2)cc1=O)c1c[nH]c(=O)[nH]c1=O. The summed E-state index contributed by atoms with van der Waals surface area (Å²) in [6.45, 7) is 0.192. The van der Waals surface area contributed by atoms with Crippen molar-refractivity contribution in [1.29, 1.82) is 0 Å². The number of nitrogens with one attached hydrogen (secondary N) is 3. The monoisotopic (exact) mass is 371 g/mol. The molecule has 0 aliphatic rings. The minimum Gasteiger partial charge on any atom is -0.350 e. The van der Waals surface area contributed by atoms with Crippen molar-refractivity contribution in [3.05, 3.63) is 85.4 Å². The molecule has 0 fully saturated rings. The van der Waals surface area contributed by atoms with Crippen molar-refractivity contribution in [2.45, 2.75) is 6.54 Å². The molecular formula is C17H14FN5O4. The van der Waals surface area contributed by atoms with Crippen LogP contribution in [-0.4, -0.2) is 32.0 Å². The number of hydrogen-bond donors (Lipinski definition) is 3. The molecule has 0 spiro atoms. The number of H-pyrrole nitrogens is 2. The molecule has 0 atom stereocenters. The lowest BCUT2D eigenvalue weighted by Gasteiger charge is -2.08. The Morgan fingerprint density at radius 3 is 2.59 bits per heavy atom. The molecule has 1 amide bonds. The number of aromatic nitrogens is 4. The molecule has 2 aromatic heterocycles. The third kappa shape index (κ3) is 4.24. The van der Waals surface area contributed by atoms with E-state index in [4.69, 9.17) is 0 Å². The minimum atomic E-state index is -0.807. The molecule has 2 heterocycles. The predicted octanol–water partition coefficient (Wildman–Crippen LogP) is -0.144. The van der Waals surface area contributed by atoms with E-state index in [9.17, 15) is 23.6 Å². The first-order valence-corrected chi connectivity index (χ1v) is 7.86. The Morgan fingerprint density at radius 2 is 1.93 bits per heavy atom. The second-order valence-corrected chi connectivity index (χ2v) is 5.55. The van der Waals surface area contributed by atoms with Gasteiger partial charge in [-0.3, -0.25) is 23.9 Å². The van der Waals surface area contributed by atoms with Crippen LogP contribution in [0.25, 0.3) is 11.3 Å². The molecule has 1 aromatic carbocycles. The second kappa shape index (κ2) is 7.60. The number of hydrogen-bond acceptors (Lipinski definition) is 5. The number of aromatic amines is 2. The van der Waals surface area contributed by atoms with Gasteiger partial charge in [0.25, 0.3) is 17.0 Å². The Balaban J connectivity index is 1.65. The van der Waals surface area contributed by atoms with Gasteiger partial charge in [0, 0.05) is 30.9 Å². The van der Waals surface area contributed by atoms with Crippen LogP contribution in [0.1, 0.15) is 10.4 Å². The maximum absolute atomic E-state index is 13.0. The van der Waals surface area contributed by atoms with Crippen LogP contribution >= 0.6 is 0 Å². The van der Waals surface area contributed by atoms with Gasteiger partial charge in [-0.25, -0.2) is 14.2 Å². The van der Waals surface area contributed by atoms with E-state index in [1.165, 1.54) is 41.2 Å². The highest BCUT2D eigenvalue weighted by Gasteiger charge is 2.10. The number of carbonyl (C=O) groups is 1. The zero-order valence-electron chi connectivity index (χ0n) is 13.9. The van der Waals surface area contributed by atoms with Crippen LogP contribution in [-0.2, 0) is 6.54 Å². The molecule has 9 nitrogen and oxygen atoms in total. The van der Waals surface area contributed by atoms with Gasteiger partial charge < -0.3 is 10.3 Å². The molecule has 10 heteroatoms. The fraction of sp³-hybridized carbons (Fsp3) is 0.118. The number of nitrogens with zero attached hydrogens (tertiary/aromatic N) is 2. The van der Waals surface area contributed by atoms with Crippen LogP contribution in [0.5, 0.6) is 0 Å². The highest BCUT2D eigenvalue weighted by Crippen LogP contribution is 2.14. The van der Waals surface area contributed by atoms with Crippen molar-refractivity contribution in [3.8, 4) is 11.3 Å². The van der Waals surface area contributed by atoms with E-state index in [0.717, 1.165) is 6.20 Å². The maximum Gasteiger partial charge on any atom is 0.325 e. The number of carbonyl (C=O) groups excluding carboxylic acids is 1. The lowest BCUT2D eigenvalue weighted by molar-refractivity contribution is 0.0950. The van der Waals surface area contributed by atoms with E-state index >= 15 is 0 Å². The summed E-state index contributed by atoms with van der Waals surface area (Å²) in [5.74, 6) is -1.07. The average Bonchev–Trinajstić information content (AvgIpc) is 2.63. The fourth-order valence-electron chi connectivity index (χ4n) is 2.34. The predicted molar refractivity (Wildman–Crippen MR) is 93.9 cm³/mol. The highest BCUT2D eigenvalue weighted by molar-refractivity contribution is 5.93. The molecule has 0 aliphatic heterocycles. The third-order valence-electron chi connectivity index (χ3n) is 3.72. The summed E-state index contributed by atoms with van der Waals surface area (Å²) in [5.41, 5.74) is -1.10. The van der Waals surface area contributed by atoms with E-state index in [0.29, 0.717) is 11.3 Å². The number of rotatable bonds is 5. The van der Waals surface area contributed by atoms with Crippen molar-refractivity contribution in [1.82, 2.24) is 24.8 Å². The quantitative estimate of drug-likeness (QED) is 0.575. The maximum atomic E-state index is 13.0. The van der Waals surface area contributed by atoms with Crippen LogP contribution < -0.4 is 22.1 Å². The van der Waals surface area contributed by atoms with Gasteiger partial charge in [-0.1, -0.05) is 0 Å². The fourth-order valence-corrected chi connectivity index (χ4v) is 2.34. The molecule has 0 bridgehead atoms. The van der Waals surface area contributed by atoms with Crippen molar-refractivity contribution in [2.75, 3.05) is 6.54 Å². The van der Waals surface area contributed by atoms with Crippen molar-refractivity contribution < 1.29 is 9.18 Å². The molecule has 3 aromatic rings. The number of amides is 1. The summed E-state index contributed by atoms with van der Waals surface area (Å²) in [7, 11) is 0. The van der Waals surface area contributed by atoms with E-state index < -0.39 is 17.2 Å². The molecule has 0 aliphatic carbocycles. The summed E-state index contributed by atoms with van der Waals surface area (Å²) >= 11 is 0. The normalized spacial score (nSPS) is 10.6. The number of benzene rings is 1. The third-order valence-corrected chi connectivity index (χ3v) is 3.72. The van der Waals surface area contributed by atoms with Gasteiger partial charge in [0.05, 0.1) is 12.0 Å². The summed E-state index contributed by atoms with van der Waals surface area (Å²) in [5, 5.41) is 2.48. The standard InChI is InChI=1S/C17H14FN5O4/c18-11-3-1-10(2-4-11)13-7-14(24)23(9-21-13)6-5-19-15(25)12-8-20-17(27)22-16(12)26/h1-4,7-9H,5-6H2,(H,19,25)(H2,20,22,26,27). The Kier molecular flexibility index (Phi) is 5.06. The van der Waals surface area contributed by atoms with Crippen molar-refractivity contribution >= 4 is 5.91 Å². The summed E-state index contributed by atoms with van der Waals surface area (Å²) < 4.78 is 14.2. The second-order valence-electron chi connectivity index (χ2n) is 5.55. The molecule has 0 saturated heterocycles. The smallest absolute Gasteiger partial charge is 0.325 e. The molecule has 138 valence electrons. The van der Waals surface area contributed by atoms with E-state index in [1.807, 2.05) is 4.98 Å². The molecule has 3 rings (SSSR count). The van der Waals surface area contributed by atoms with Gasteiger partial charge >= 0.3 is 5.69 Å². The topological polar surface area (TPSA) is 130 Å². The van der Waals surface area contributed by atoms with Crippen molar-refractivity contribution in [2.24, 2.45) is 0 Å².